The summed E-state index contributed by atoms with van der Waals surface area (Å²) < 4.78 is 341. The molecule has 0 spiro atoms. The van der Waals surface area contributed by atoms with Crippen molar-refractivity contribution in [1.82, 2.24) is 14.4 Å². The molecule has 278 valence electrons. The highest BCUT2D eigenvalue weighted by molar-refractivity contribution is 7.98. The van der Waals surface area contributed by atoms with Crippen molar-refractivity contribution in [2.24, 2.45) is 0 Å². The van der Waals surface area contributed by atoms with Crippen molar-refractivity contribution in [2.45, 2.75) is 55.7 Å². The SMILES string of the molecule is [2H]c1c([2H])c(F)c(F)c(CSc2c([2H])c(=O)c3c([2H])c(C)c([2H])c([2H])c3n2CC(=O)N(C([2H])([2H])c2c([2H])c([2H])c(-c3c([2H])c([2H])c(C(F)(F)F)c([2H])c3[2H])c([2H])c2[2H])C2([2H])C([2H])([2H])C([2H])([2H])N(C([2H])([2H])C([2H])([2H])OC)C([2H])([2H])C2([2H])[2H])c1[2H]. The third kappa shape index (κ3) is 9.17. The highest BCUT2D eigenvalue weighted by Crippen LogP contribution is 2.32. The second-order valence-electron chi connectivity index (χ2n) is 10.3. The fourth-order valence-corrected chi connectivity index (χ4v) is 5.22. The van der Waals surface area contributed by atoms with Gasteiger partial charge in [-0.25, -0.2) is 8.78 Å². The zero-order valence-corrected chi connectivity index (χ0v) is 27.6. The number of carbonyl (C=O) groups excluding carboxylic acids is 1. The monoisotopic (exact) mass is 779 g/mol. The van der Waals surface area contributed by atoms with Gasteiger partial charge >= 0.3 is 6.18 Å². The number of likely N-dealkylation sites (tertiary alicyclic amines) is 1. The summed E-state index contributed by atoms with van der Waals surface area (Å²) in [5.41, 5.74) is -11.3. The van der Waals surface area contributed by atoms with E-state index in [1.54, 1.807) is 0 Å². The molecule has 12 heteroatoms. The molecule has 1 amide bonds. The van der Waals surface area contributed by atoms with E-state index < -0.39 is 243 Å². The van der Waals surface area contributed by atoms with Crippen LogP contribution in [0.2, 0.25) is 0 Å². The molecular formula is C41H40F5N3O3S. The van der Waals surface area contributed by atoms with Crippen LogP contribution in [0.4, 0.5) is 22.0 Å². The molecule has 6 rings (SSSR count). The van der Waals surface area contributed by atoms with Crippen LogP contribution in [-0.2, 0) is 34.5 Å². The molecular weight excluding hydrogens is 710 g/mol. The van der Waals surface area contributed by atoms with E-state index in [1.165, 1.54) is 0 Å². The minimum absolute atomic E-state index is 0.0607. The number of halogens is 5. The molecule has 0 N–H and O–H groups in total. The Kier molecular flexibility index (Phi) is 4.93. The maximum atomic E-state index is 15.8. The van der Waals surface area contributed by atoms with E-state index in [2.05, 4.69) is 4.74 Å². The Morgan fingerprint density at radius 2 is 1.70 bits per heavy atom. The standard InChI is InChI=1S/C41H40F5N3O3S/c1-27-6-15-36-34(22-27)37(50)23-39(53-26-31-4-3-5-35(42)40(31)43)49(36)25-38(51)48(33-16-18-47(19-17-33)20-21-52-2)24-28-7-9-29(10-8-28)30-11-13-32(14-12-30)41(44,45)46/h3-15,22-23,33H,16-21,24-26H2,1-2H3/i3D,4D,5D,6D,7D,8D,9D,10D,11D,12D,13D,14D,15D,16D2,17D2,18D2,19D2,20D2,21D2,22D,23D,24D2,33D. The summed E-state index contributed by atoms with van der Waals surface area (Å²) in [4.78, 5) is 27.8. The number of thioether (sulfide) groups is 1. The van der Waals surface area contributed by atoms with Crippen LogP contribution in [0.5, 0.6) is 0 Å². The van der Waals surface area contributed by atoms with Crippen molar-refractivity contribution < 1.29 is 72.6 Å². The van der Waals surface area contributed by atoms with Crippen molar-refractivity contribution in [3.05, 3.63) is 135 Å². The van der Waals surface area contributed by atoms with Gasteiger partial charge in [0.25, 0.3) is 0 Å². The van der Waals surface area contributed by atoms with Gasteiger partial charge in [0.15, 0.2) is 17.1 Å². The first-order chi connectivity index (χ1) is 37.3. The van der Waals surface area contributed by atoms with E-state index >= 15 is 9.18 Å². The second-order valence-corrected chi connectivity index (χ2v) is 11.2. The number of alkyl halides is 3. The number of piperidine rings is 1. The van der Waals surface area contributed by atoms with E-state index in [4.69, 9.17) is 31.5 Å². The zero-order chi connectivity index (χ0) is 64.2. The fourth-order valence-electron chi connectivity index (χ4n) is 4.27. The van der Waals surface area contributed by atoms with E-state index in [9.17, 15) is 32.0 Å². The number of fused-ring (bicyclic) bond motifs is 1. The van der Waals surface area contributed by atoms with Crippen LogP contribution in [-0.4, -0.2) is 59.5 Å². The highest BCUT2D eigenvalue weighted by Gasteiger charge is 2.31. The zero-order valence-electron chi connectivity index (χ0n) is 56.8. The quantitative estimate of drug-likeness (QED) is 0.0938. The summed E-state index contributed by atoms with van der Waals surface area (Å²) in [6.07, 6.45) is -15.7. The molecule has 1 fully saturated rings. The van der Waals surface area contributed by atoms with Crippen LogP contribution in [0.3, 0.4) is 0 Å². The lowest BCUT2D eigenvalue weighted by molar-refractivity contribution is -0.137. The van der Waals surface area contributed by atoms with Gasteiger partial charge in [-0.2, -0.15) is 13.2 Å². The summed E-state index contributed by atoms with van der Waals surface area (Å²) in [5.74, 6) is -7.70. The third-order valence-corrected chi connectivity index (χ3v) is 7.71. The molecule has 1 aromatic heterocycles. The minimum atomic E-state index is -5.59. The molecule has 0 atom stereocenters. The maximum absolute atomic E-state index is 15.8. The van der Waals surface area contributed by atoms with Crippen LogP contribution < -0.4 is 5.43 Å². The van der Waals surface area contributed by atoms with Gasteiger partial charge in [0, 0.05) is 75.6 Å². The normalized spacial score (nSPS) is 27.5. The van der Waals surface area contributed by atoms with Crippen molar-refractivity contribution >= 4 is 28.6 Å². The topological polar surface area (TPSA) is 54.8 Å². The minimum Gasteiger partial charge on any atom is -0.383 e. The van der Waals surface area contributed by atoms with Gasteiger partial charge in [0.2, 0.25) is 5.91 Å². The number of benzene rings is 4. The molecule has 1 saturated heterocycles. The van der Waals surface area contributed by atoms with E-state index in [1.807, 2.05) is 0 Å². The van der Waals surface area contributed by atoms with Crippen molar-refractivity contribution in [3.8, 4) is 11.1 Å². The smallest absolute Gasteiger partial charge is 0.383 e. The molecule has 0 saturated carbocycles. The molecule has 2 heterocycles. The second kappa shape index (κ2) is 16.7. The lowest BCUT2D eigenvalue weighted by atomic mass is 10.00. The number of carbonyl (C=O) groups is 1. The maximum Gasteiger partial charge on any atom is 0.416 e. The first-order valence-corrected chi connectivity index (χ1v) is 15.5. The van der Waals surface area contributed by atoms with Crippen molar-refractivity contribution in [2.75, 3.05) is 33.2 Å². The van der Waals surface area contributed by atoms with Gasteiger partial charge in [-0.3, -0.25) is 9.59 Å². The lowest BCUT2D eigenvalue weighted by Crippen LogP contribution is -2.48. The predicted molar refractivity (Wildman–Crippen MR) is 198 cm³/mol. The molecule has 0 radical (unpaired) electrons. The molecule has 0 bridgehead atoms. The fraction of sp³-hybridized carbons (Fsp3) is 0.317. The van der Waals surface area contributed by atoms with Gasteiger partial charge in [0.05, 0.1) is 50.1 Å². The van der Waals surface area contributed by atoms with Crippen LogP contribution in [0.1, 0.15) is 76.1 Å². The number of rotatable bonds is 12. The Labute approximate surface area is 351 Å². The molecule has 4 aromatic carbocycles. The number of nitrogens with zero attached hydrogens (tertiary/aromatic N) is 3. The number of ether oxygens (including phenoxy) is 1. The largest absolute Gasteiger partial charge is 0.416 e. The van der Waals surface area contributed by atoms with Crippen LogP contribution in [0.15, 0.2) is 100 Å². The Morgan fingerprint density at radius 1 is 1.02 bits per heavy atom. The number of amides is 1. The molecule has 1 aliphatic heterocycles. The molecule has 1 aliphatic rings. The van der Waals surface area contributed by atoms with Gasteiger partial charge in [-0.05, 0) is 66.6 Å². The van der Waals surface area contributed by atoms with Gasteiger partial charge < -0.3 is 19.1 Å². The summed E-state index contributed by atoms with van der Waals surface area (Å²) in [6, 6.07) is -27.9. The van der Waals surface area contributed by atoms with Crippen LogP contribution in [0, 0.1) is 18.6 Å². The highest BCUT2D eigenvalue weighted by atomic mass is 32.2. The number of hydrogen-bond donors (Lipinski definition) is 0. The Morgan fingerprint density at radius 3 is 2.36 bits per heavy atom. The van der Waals surface area contributed by atoms with Gasteiger partial charge in [-0.15, -0.1) is 11.8 Å². The summed E-state index contributed by atoms with van der Waals surface area (Å²) in [6.45, 7) is -24.0. The number of pyridine rings is 1. The Balaban J connectivity index is 1.81. The van der Waals surface area contributed by atoms with E-state index in [-0.39, 0.29) is 16.3 Å². The van der Waals surface area contributed by atoms with Crippen molar-refractivity contribution in [3.63, 3.8) is 0 Å². The van der Waals surface area contributed by atoms with Crippen LogP contribution >= 0.6 is 11.8 Å². The molecule has 0 unspecified atom stereocenters. The molecule has 0 aliphatic carbocycles. The average Bonchev–Trinajstić information content (AvgIpc) is 3.51. The van der Waals surface area contributed by atoms with Gasteiger partial charge in [-0.1, -0.05) is 59.9 Å². The summed E-state index contributed by atoms with van der Waals surface area (Å²) >= 11 is -0.0607. The first kappa shape index (κ1) is 15.7. The number of methoxy groups -OCH3 is 1. The predicted octanol–water partition coefficient (Wildman–Crippen LogP) is 8.71. The summed E-state index contributed by atoms with van der Waals surface area (Å²) in [5, 5.41) is -2.18. The van der Waals surface area contributed by atoms with Gasteiger partial charge in [0.1, 0.15) is 6.54 Å². The number of hydrogen-bond acceptors (Lipinski definition) is 5. The molecule has 53 heavy (non-hydrogen) atoms. The van der Waals surface area contributed by atoms with Crippen LogP contribution in [0.25, 0.3) is 22.0 Å². The summed E-state index contributed by atoms with van der Waals surface area (Å²) in [7, 11) is 0.446. The Hall–Kier alpha value is -4.52. The van der Waals surface area contributed by atoms with Crippen molar-refractivity contribution in [1.29, 1.82) is 0 Å². The Bertz CT molecular complexity index is 3560. The van der Waals surface area contributed by atoms with E-state index in [0.717, 1.165) is 6.92 Å². The number of aromatic nitrogens is 1. The third-order valence-electron chi connectivity index (χ3n) is 6.68. The average molecular weight is 780 g/mol. The molecule has 6 nitrogen and oxygen atoms in total. The molecule has 5 aromatic rings. The lowest BCUT2D eigenvalue weighted by Gasteiger charge is -2.39. The van der Waals surface area contributed by atoms with E-state index in [0.29, 0.717) is 7.11 Å². The first-order valence-electron chi connectivity index (χ1n) is 29.5.